The molecule has 3 heteroatoms. The Morgan fingerprint density at radius 2 is 1.89 bits per heavy atom. The zero-order chi connectivity index (χ0) is 13.3. The molecule has 1 aromatic carbocycles. The van der Waals surface area contributed by atoms with Crippen LogP contribution in [0.2, 0.25) is 10.0 Å². The summed E-state index contributed by atoms with van der Waals surface area (Å²) < 4.78 is 0. The summed E-state index contributed by atoms with van der Waals surface area (Å²) in [5.74, 6) is 0.748. The van der Waals surface area contributed by atoms with Crippen molar-refractivity contribution in [2.45, 2.75) is 39.7 Å². The molecule has 0 aromatic heterocycles. The van der Waals surface area contributed by atoms with Crippen LogP contribution in [0, 0.1) is 11.3 Å². The lowest BCUT2D eigenvalue weighted by Crippen LogP contribution is -2.29. The average Bonchev–Trinajstić information content (AvgIpc) is 3.07. The van der Waals surface area contributed by atoms with E-state index in [1.165, 1.54) is 12.8 Å². The van der Waals surface area contributed by atoms with Crippen LogP contribution in [0.4, 0.5) is 0 Å². The molecule has 1 aromatic rings. The summed E-state index contributed by atoms with van der Waals surface area (Å²) in [5, 5.41) is 5.05. The third-order valence-corrected chi connectivity index (χ3v) is 4.87. The smallest absolute Gasteiger partial charge is 0.0468 e. The van der Waals surface area contributed by atoms with Crippen molar-refractivity contribution in [2.24, 2.45) is 11.3 Å². The van der Waals surface area contributed by atoms with E-state index in [0.717, 1.165) is 23.0 Å². The van der Waals surface area contributed by atoms with Gasteiger partial charge in [0.15, 0.2) is 0 Å². The van der Waals surface area contributed by atoms with E-state index in [9.17, 15) is 0 Å². The van der Waals surface area contributed by atoms with Crippen LogP contribution in [0.5, 0.6) is 0 Å². The van der Waals surface area contributed by atoms with Gasteiger partial charge in [0.05, 0.1) is 0 Å². The van der Waals surface area contributed by atoms with Crippen LogP contribution in [-0.4, -0.2) is 6.54 Å². The van der Waals surface area contributed by atoms with Gasteiger partial charge in [-0.1, -0.05) is 43.1 Å². The van der Waals surface area contributed by atoms with E-state index in [2.05, 4.69) is 26.1 Å². The van der Waals surface area contributed by atoms with Gasteiger partial charge in [-0.25, -0.2) is 0 Å². The number of nitrogens with one attached hydrogen (secondary N) is 1. The molecule has 0 radical (unpaired) electrons. The summed E-state index contributed by atoms with van der Waals surface area (Å²) in [7, 11) is 0. The van der Waals surface area contributed by atoms with Gasteiger partial charge in [0, 0.05) is 22.6 Å². The van der Waals surface area contributed by atoms with Crippen molar-refractivity contribution in [3.05, 3.63) is 33.8 Å². The van der Waals surface area contributed by atoms with Gasteiger partial charge < -0.3 is 5.32 Å². The molecule has 1 aliphatic rings. The second kappa shape index (κ2) is 5.40. The van der Waals surface area contributed by atoms with Gasteiger partial charge in [-0.3, -0.25) is 0 Å². The van der Waals surface area contributed by atoms with Crippen molar-refractivity contribution < 1.29 is 0 Å². The molecule has 0 aliphatic heterocycles. The van der Waals surface area contributed by atoms with Crippen molar-refractivity contribution in [3.63, 3.8) is 0 Å². The normalized spacial score (nSPS) is 19.0. The molecule has 1 aliphatic carbocycles. The second-order valence-corrected chi connectivity index (χ2v) is 6.63. The maximum Gasteiger partial charge on any atom is 0.0468 e. The summed E-state index contributed by atoms with van der Waals surface area (Å²) in [6.07, 6.45) is 2.69. The molecule has 2 rings (SSSR count). The maximum absolute atomic E-state index is 6.23. The summed E-state index contributed by atoms with van der Waals surface area (Å²) in [5.41, 5.74) is 1.65. The third-order valence-electron chi connectivity index (χ3n) is 4.31. The predicted molar refractivity (Wildman–Crippen MR) is 79.4 cm³/mol. The van der Waals surface area contributed by atoms with E-state index in [1.54, 1.807) is 0 Å². The van der Waals surface area contributed by atoms with Crippen LogP contribution >= 0.6 is 23.2 Å². The first-order valence-electron chi connectivity index (χ1n) is 6.63. The SMILES string of the molecule is CC(NCC1(C(C)C)CC1)c1ccc(Cl)cc1Cl. The Labute approximate surface area is 120 Å². The number of hydrogen-bond acceptors (Lipinski definition) is 1. The molecule has 18 heavy (non-hydrogen) atoms. The molecule has 1 nitrogen and oxygen atoms in total. The van der Waals surface area contributed by atoms with Crippen LogP contribution in [0.25, 0.3) is 0 Å². The lowest BCUT2D eigenvalue weighted by atomic mass is 9.92. The fraction of sp³-hybridized carbons (Fsp3) is 0.600. The number of rotatable bonds is 5. The minimum absolute atomic E-state index is 0.269. The van der Waals surface area contributed by atoms with E-state index in [1.807, 2.05) is 18.2 Å². The molecule has 0 saturated heterocycles. The van der Waals surface area contributed by atoms with Gasteiger partial charge in [-0.15, -0.1) is 0 Å². The minimum Gasteiger partial charge on any atom is -0.310 e. The molecule has 0 spiro atoms. The monoisotopic (exact) mass is 285 g/mol. The first-order valence-corrected chi connectivity index (χ1v) is 7.38. The molecular formula is C15H21Cl2N. The second-order valence-electron chi connectivity index (χ2n) is 5.79. The van der Waals surface area contributed by atoms with Crippen molar-refractivity contribution in [1.29, 1.82) is 0 Å². The number of hydrogen-bond donors (Lipinski definition) is 1. The van der Waals surface area contributed by atoms with E-state index in [-0.39, 0.29) is 6.04 Å². The molecule has 0 amide bonds. The Hall–Kier alpha value is -0.240. The van der Waals surface area contributed by atoms with Crippen molar-refractivity contribution >= 4 is 23.2 Å². The van der Waals surface area contributed by atoms with Gasteiger partial charge in [0.1, 0.15) is 0 Å². The summed E-state index contributed by atoms with van der Waals surface area (Å²) in [6.45, 7) is 7.86. The maximum atomic E-state index is 6.23. The highest BCUT2D eigenvalue weighted by atomic mass is 35.5. The van der Waals surface area contributed by atoms with Crippen molar-refractivity contribution in [2.75, 3.05) is 6.54 Å². The average molecular weight is 286 g/mol. The fourth-order valence-corrected chi connectivity index (χ4v) is 3.01. The van der Waals surface area contributed by atoms with Crippen LogP contribution in [0.3, 0.4) is 0 Å². The Morgan fingerprint density at radius 1 is 1.22 bits per heavy atom. The minimum atomic E-state index is 0.269. The van der Waals surface area contributed by atoms with Crippen LogP contribution in [0.1, 0.15) is 45.2 Å². The van der Waals surface area contributed by atoms with Gasteiger partial charge in [0.25, 0.3) is 0 Å². The van der Waals surface area contributed by atoms with Gasteiger partial charge in [-0.2, -0.15) is 0 Å². The van der Waals surface area contributed by atoms with Gasteiger partial charge >= 0.3 is 0 Å². The topological polar surface area (TPSA) is 12.0 Å². The lowest BCUT2D eigenvalue weighted by Gasteiger charge is -2.24. The molecular weight excluding hydrogens is 265 g/mol. The molecule has 1 N–H and O–H groups in total. The zero-order valence-corrected chi connectivity index (χ0v) is 12.8. The Bertz CT molecular complexity index is 425. The quantitative estimate of drug-likeness (QED) is 0.796. The Kier molecular flexibility index (Phi) is 4.25. The fourth-order valence-electron chi connectivity index (χ4n) is 2.44. The number of benzene rings is 1. The van der Waals surface area contributed by atoms with E-state index < -0.39 is 0 Å². The standard InChI is InChI=1S/C15H21Cl2N/c1-10(2)15(6-7-15)9-18-11(3)13-5-4-12(16)8-14(13)17/h4-5,8,10-11,18H,6-7,9H2,1-3H3. The molecule has 1 saturated carbocycles. The summed E-state index contributed by atoms with van der Waals surface area (Å²) in [4.78, 5) is 0. The van der Waals surface area contributed by atoms with Crippen LogP contribution in [-0.2, 0) is 0 Å². The van der Waals surface area contributed by atoms with Crippen molar-refractivity contribution in [1.82, 2.24) is 5.32 Å². The highest BCUT2D eigenvalue weighted by Crippen LogP contribution is 2.51. The van der Waals surface area contributed by atoms with Gasteiger partial charge in [0.2, 0.25) is 0 Å². The summed E-state index contributed by atoms with van der Waals surface area (Å²) in [6, 6.07) is 5.99. The first-order chi connectivity index (χ1) is 8.44. The Morgan fingerprint density at radius 3 is 2.39 bits per heavy atom. The van der Waals surface area contributed by atoms with Gasteiger partial charge in [-0.05, 0) is 48.8 Å². The molecule has 1 unspecified atom stereocenters. The molecule has 1 atom stereocenters. The first kappa shape index (κ1) is 14.2. The van der Waals surface area contributed by atoms with E-state index in [4.69, 9.17) is 23.2 Å². The van der Waals surface area contributed by atoms with E-state index in [0.29, 0.717) is 10.4 Å². The highest BCUT2D eigenvalue weighted by molar-refractivity contribution is 6.35. The highest BCUT2D eigenvalue weighted by Gasteiger charge is 2.44. The molecule has 0 bridgehead atoms. The zero-order valence-electron chi connectivity index (χ0n) is 11.3. The molecule has 100 valence electrons. The lowest BCUT2D eigenvalue weighted by molar-refractivity contribution is 0.325. The molecule has 0 heterocycles. The van der Waals surface area contributed by atoms with Crippen molar-refractivity contribution in [3.8, 4) is 0 Å². The van der Waals surface area contributed by atoms with Crippen LogP contribution in [0.15, 0.2) is 18.2 Å². The third kappa shape index (κ3) is 3.01. The largest absolute Gasteiger partial charge is 0.310 e. The predicted octanol–water partition coefficient (Wildman–Crippen LogP) is 5.08. The summed E-state index contributed by atoms with van der Waals surface area (Å²) >= 11 is 12.1. The van der Waals surface area contributed by atoms with Crippen LogP contribution < -0.4 is 5.32 Å². The van der Waals surface area contributed by atoms with E-state index >= 15 is 0 Å². The number of halogens is 2. The molecule has 1 fully saturated rings. The Balaban J connectivity index is 1.98.